The first kappa shape index (κ1) is 14.5. The molecular weight excluding hydrogens is 216 g/mol. The minimum atomic E-state index is -0.131. The molecule has 1 rings (SSSR count). The highest BCUT2D eigenvalue weighted by Gasteiger charge is 2.16. The van der Waals surface area contributed by atoms with Crippen molar-refractivity contribution in [2.75, 3.05) is 32.8 Å². The molecule has 1 atom stereocenters. The number of esters is 1. The fourth-order valence-electron chi connectivity index (χ4n) is 2.22. The van der Waals surface area contributed by atoms with Crippen LogP contribution in [0.4, 0.5) is 0 Å². The van der Waals surface area contributed by atoms with Gasteiger partial charge in [0.15, 0.2) is 0 Å². The Kier molecular flexibility index (Phi) is 7.21. The van der Waals surface area contributed by atoms with E-state index < -0.39 is 0 Å². The van der Waals surface area contributed by atoms with Crippen molar-refractivity contribution in [2.45, 2.75) is 45.6 Å². The van der Waals surface area contributed by atoms with Crippen LogP contribution in [0.1, 0.15) is 39.5 Å². The second kappa shape index (κ2) is 8.48. The highest BCUT2D eigenvalue weighted by Crippen LogP contribution is 2.07. The molecule has 0 radical (unpaired) electrons. The van der Waals surface area contributed by atoms with E-state index in [0.29, 0.717) is 6.61 Å². The summed E-state index contributed by atoms with van der Waals surface area (Å²) in [7, 11) is 0. The van der Waals surface area contributed by atoms with Crippen molar-refractivity contribution in [1.29, 1.82) is 0 Å². The molecule has 4 heteroatoms. The molecule has 0 amide bonds. The minimum Gasteiger partial charge on any atom is -0.465 e. The van der Waals surface area contributed by atoms with Gasteiger partial charge in [0.05, 0.1) is 6.61 Å². The fraction of sp³-hybridized carbons (Fsp3) is 0.923. The number of nitrogens with one attached hydrogen (secondary N) is 1. The van der Waals surface area contributed by atoms with E-state index in [4.69, 9.17) is 4.74 Å². The van der Waals surface area contributed by atoms with E-state index in [0.717, 1.165) is 25.9 Å². The maximum Gasteiger partial charge on any atom is 0.323 e. The van der Waals surface area contributed by atoms with Gasteiger partial charge < -0.3 is 15.0 Å². The maximum atomic E-state index is 11.5. The molecule has 17 heavy (non-hydrogen) atoms. The topological polar surface area (TPSA) is 41.6 Å². The minimum absolute atomic E-state index is 0.115. The number of nitrogens with zero attached hydrogens (tertiary/aromatic N) is 1. The van der Waals surface area contributed by atoms with Gasteiger partial charge >= 0.3 is 5.97 Å². The highest BCUT2D eigenvalue weighted by atomic mass is 16.5. The average Bonchev–Trinajstić information content (AvgIpc) is 2.82. The molecular formula is C13H26N2O2. The van der Waals surface area contributed by atoms with Gasteiger partial charge in [-0.25, -0.2) is 0 Å². The Morgan fingerprint density at radius 3 is 2.65 bits per heavy atom. The van der Waals surface area contributed by atoms with E-state index >= 15 is 0 Å². The monoisotopic (exact) mass is 242 g/mol. The summed E-state index contributed by atoms with van der Waals surface area (Å²) in [6.45, 7) is 8.85. The third-order valence-corrected chi connectivity index (χ3v) is 3.22. The van der Waals surface area contributed by atoms with E-state index in [9.17, 15) is 4.79 Å². The lowest BCUT2D eigenvalue weighted by Crippen LogP contribution is -2.39. The Morgan fingerprint density at radius 1 is 1.35 bits per heavy atom. The number of ether oxygens (including phenoxy) is 1. The molecule has 0 spiro atoms. The summed E-state index contributed by atoms with van der Waals surface area (Å²) in [5.74, 6) is -0.115. The summed E-state index contributed by atoms with van der Waals surface area (Å²) in [5.41, 5.74) is 0. The van der Waals surface area contributed by atoms with Crippen LogP contribution in [-0.4, -0.2) is 49.7 Å². The molecule has 0 saturated carbocycles. The molecule has 100 valence electrons. The standard InChI is InChI=1S/C13H26N2O2/c1-3-12(13(16)17-4-2)14-8-7-11-15-9-5-6-10-15/h12,14H,3-11H2,1-2H3. The van der Waals surface area contributed by atoms with Gasteiger partial charge in [-0.2, -0.15) is 0 Å². The molecule has 0 aromatic rings. The van der Waals surface area contributed by atoms with Gasteiger partial charge in [-0.05, 0) is 58.8 Å². The van der Waals surface area contributed by atoms with E-state index in [2.05, 4.69) is 10.2 Å². The Balaban J connectivity index is 2.08. The first-order chi connectivity index (χ1) is 8.27. The number of likely N-dealkylation sites (tertiary alicyclic amines) is 1. The van der Waals surface area contributed by atoms with Gasteiger partial charge in [0.1, 0.15) is 6.04 Å². The van der Waals surface area contributed by atoms with Crippen molar-refractivity contribution in [2.24, 2.45) is 0 Å². The number of carbonyl (C=O) groups is 1. The molecule has 1 fully saturated rings. The van der Waals surface area contributed by atoms with E-state index in [1.807, 2.05) is 13.8 Å². The van der Waals surface area contributed by atoms with Crippen LogP contribution in [0.3, 0.4) is 0 Å². The van der Waals surface area contributed by atoms with Crippen LogP contribution in [0, 0.1) is 0 Å². The smallest absolute Gasteiger partial charge is 0.323 e. The quantitative estimate of drug-likeness (QED) is 0.516. The van der Waals surface area contributed by atoms with E-state index in [-0.39, 0.29) is 12.0 Å². The van der Waals surface area contributed by atoms with Crippen LogP contribution in [0.5, 0.6) is 0 Å². The Morgan fingerprint density at radius 2 is 2.06 bits per heavy atom. The number of rotatable bonds is 8. The number of hydrogen-bond donors (Lipinski definition) is 1. The Labute approximate surface area is 105 Å². The third-order valence-electron chi connectivity index (χ3n) is 3.22. The van der Waals surface area contributed by atoms with Crippen molar-refractivity contribution < 1.29 is 9.53 Å². The van der Waals surface area contributed by atoms with Crippen LogP contribution in [0.2, 0.25) is 0 Å². The second-order valence-electron chi connectivity index (χ2n) is 4.57. The Bertz CT molecular complexity index is 215. The average molecular weight is 242 g/mol. The zero-order valence-corrected chi connectivity index (χ0v) is 11.2. The van der Waals surface area contributed by atoms with E-state index in [1.165, 1.54) is 25.9 Å². The lowest BCUT2D eigenvalue weighted by Gasteiger charge is -2.17. The fourth-order valence-corrected chi connectivity index (χ4v) is 2.22. The van der Waals surface area contributed by atoms with Crippen molar-refractivity contribution in [3.05, 3.63) is 0 Å². The van der Waals surface area contributed by atoms with Gasteiger partial charge in [-0.1, -0.05) is 6.92 Å². The third kappa shape index (κ3) is 5.50. The van der Waals surface area contributed by atoms with Crippen LogP contribution >= 0.6 is 0 Å². The van der Waals surface area contributed by atoms with Crippen LogP contribution in [-0.2, 0) is 9.53 Å². The largest absolute Gasteiger partial charge is 0.465 e. The molecule has 0 bridgehead atoms. The van der Waals surface area contributed by atoms with Crippen molar-refractivity contribution >= 4 is 5.97 Å². The van der Waals surface area contributed by atoms with Crippen LogP contribution < -0.4 is 5.32 Å². The van der Waals surface area contributed by atoms with Crippen molar-refractivity contribution in [3.63, 3.8) is 0 Å². The first-order valence-corrected chi connectivity index (χ1v) is 6.90. The summed E-state index contributed by atoms with van der Waals surface area (Å²) in [6, 6.07) is -0.131. The van der Waals surface area contributed by atoms with Crippen molar-refractivity contribution in [1.82, 2.24) is 10.2 Å². The summed E-state index contributed by atoms with van der Waals surface area (Å²) < 4.78 is 5.01. The predicted molar refractivity (Wildman–Crippen MR) is 69.0 cm³/mol. The maximum absolute atomic E-state index is 11.5. The molecule has 1 heterocycles. The normalized spacial score (nSPS) is 18.2. The predicted octanol–water partition coefficient (Wildman–Crippen LogP) is 1.40. The highest BCUT2D eigenvalue weighted by molar-refractivity contribution is 5.75. The SMILES string of the molecule is CCOC(=O)C(CC)NCCCN1CCCC1. The summed E-state index contributed by atoms with van der Waals surface area (Å²) in [5, 5.41) is 3.28. The molecule has 1 unspecified atom stereocenters. The summed E-state index contributed by atoms with van der Waals surface area (Å²) >= 11 is 0. The molecule has 0 aromatic heterocycles. The number of carbonyl (C=O) groups excluding carboxylic acids is 1. The van der Waals surface area contributed by atoms with Gasteiger partial charge in [-0.15, -0.1) is 0 Å². The van der Waals surface area contributed by atoms with Crippen LogP contribution in [0.25, 0.3) is 0 Å². The van der Waals surface area contributed by atoms with Gasteiger partial charge in [0.25, 0.3) is 0 Å². The lowest BCUT2D eigenvalue weighted by atomic mass is 10.2. The molecule has 1 N–H and O–H groups in total. The van der Waals surface area contributed by atoms with Crippen LogP contribution in [0.15, 0.2) is 0 Å². The van der Waals surface area contributed by atoms with Crippen molar-refractivity contribution in [3.8, 4) is 0 Å². The number of hydrogen-bond acceptors (Lipinski definition) is 4. The first-order valence-electron chi connectivity index (χ1n) is 6.90. The van der Waals surface area contributed by atoms with Gasteiger partial charge in [-0.3, -0.25) is 4.79 Å². The molecule has 1 aliphatic rings. The Hall–Kier alpha value is -0.610. The zero-order valence-electron chi connectivity index (χ0n) is 11.2. The molecule has 0 aliphatic carbocycles. The molecule has 4 nitrogen and oxygen atoms in total. The summed E-state index contributed by atoms with van der Waals surface area (Å²) in [4.78, 5) is 14.0. The molecule has 0 aromatic carbocycles. The lowest BCUT2D eigenvalue weighted by molar-refractivity contribution is -0.145. The van der Waals surface area contributed by atoms with Gasteiger partial charge in [0, 0.05) is 0 Å². The second-order valence-corrected chi connectivity index (χ2v) is 4.57. The summed E-state index contributed by atoms with van der Waals surface area (Å²) in [6.07, 6.45) is 4.58. The van der Waals surface area contributed by atoms with E-state index in [1.54, 1.807) is 0 Å². The van der Waals surface area contributed by atoms with Gasteiger partial charge in [0.2, 0.25) is 0 Å². The molecule has 1 aliphatic heterocycles. The molecule has 1 saturated heterocycles. The zero-order chi connectivity index (χ0) is 12.5.